The highest BCUT2D eigenvalue weighted by Gasteiger charge is 2.40. The maximum Gasteiger partial charge on any atom is 0.123 e. The fourth-order valence-electron chi connectivity index (χ4n) is 3.61. The van der Waals surface area contributed by atoms with Gasteiger partial charge in [-0.25, -0.2) is 0 Å². The number of hydrogen-bond donors (Lipinski definition) is 1. The Morgan fingerprint density at radius 2 is 2.05 bits per heavy atom. The predicted octanol–water partition coefficient (Wildman–Crippen LogP) is 4.17. The van der Waals surface area contributed by atoms with Gasteiger partial charge >= 0.3 is 0 Å². The summed E-state index contributed by atoms with van der Waals surface area (Å²) < 4.78 is 13.4. The maximum absolute atomic E-state index is 6.34. The Morgan fingerprint density at radius 3 is 2.81 bits per heavy atom. The number of rotatable bonds is 4. The fraction of sp³-hybridized carbons (Fsp3) is 0.647. The van der Waals surface area contributed by atoms with Gasteiger partial charge in [0, 0.05) is 16.6 Å². The van der Waals surface area contributed by atoms with E-state index in [1.807, 2.05) is 18.2 Å². The molecule has 0 bridgehead atoms. The first kappa shape index (κ1) is 15.3. The van der Waals surface area contributed by atoms with Crippen molar-refractivity contribution in [2.24, 2.45) is 5.73 Å². The minimum absolute atomic E-state index is 0.169. The summed E-state index contributed by atoms with van der Waals surface area (Å²) in [5, 5.41) is 0. The molecule has 1 aromatic carbocycles. The molecule has 2 N–H and O–H groups in total. The molecular weight excluding hydrogens is 330 g/mol. The molecule has 1 heterocycles. The highest BCUT2D eigenvalue weighted by atomic mass is 79.9. The molecule has 4 heteroatoms. The molecule has 0 radical (unpaired) electrons. The van der Waals surface area contributed by atoms with Crippen LogP contribution in [0.15, 0.2) is 22.7 Å². The van der Waals surface area contributed by atoms with Crippen molar-refractivity contribution in [2.75, 3.05) is 6.61 Å². The van der Waals surface area contributed by atoms with Gasteiger partial charge in [0.05, 0.1) is 11.7 Å². The van der Waals surface area contributed by atoms with E-state index in [1.54, 1.807) is 0 Å². The second-order valence-electron chi connectivity index (χ2n) is 6.29. The lowest BCUT2D eigenvalue weighted by molar-refractivity contribution is -0.0749. The van der Waals surface area contributed by atoms with Crippen LogP contribution >= 0.6 is 15.9 Å². The van der Waals surface area contributed by atoms with Gasteiger partial charge in [-0.15, -0.1) is 0 Å². The molecule has 1 unspecified atom stereocenters. The Hall–Kier alpha value is -0.580. The van der Waals surface area contributed by atoms with Crippen molar-refractivity contribution < 1.29 is 9.47 Å². The summed E-state index contributed by atoms with van der Waals surface area (Å²) in [5.74, 6) is 0.883. The largest absolute Gasteiger partial charge is 0.491 e. The minimum Gasteiger partial charge on any atom is -0.491 e. The van der Waals surface area contributed by atoms with E-state index in [0.29, 0.717) is 13.2 Å². The van der Waals surface area contributed by atoms with Crippen LogP contribution in [0.25, 0.3) is 0 Å². The third kappa shape index (κ3) is 3.61. The van der Waals surface area contributed by atoms with Gasteiger partial charge in [-0.05, 0) is 43.9 Å². The zero-order chi connectivity index (χ0) is 14.7. The Bertz CT molecular complexity index is 486. The van der Waals surface area contributed by atoms with Crippen LogP contribution < -0.4 is 10.5 Å². The average Bonchev–Trinajstić information content (AvgIpc) is 2.89. The summed E-state index contributed by atoms with van der Waals surface area (Å²) in [4.78, 5) is 0. The van der Waals surface area contributed by atoms with Crippen molar-refractivity contribution >= 4 is 15.9 Å². The molecule has 1 aliphatic carbocycles. The van der Waals surface area contributed by atoms with Gasteiger partial charge in [-0.3, -0.25) is 0 Å². The minimum atomic E-state index is 0.169. The van der Waals surface area contributed by atoms with E-state index in [4.69, 9.17) is 15.2 Å². The first-order valence-electron chi connectivity index (χ1n) is 8.00. The topological polar surface area (TPSA) is 44.5 Å². The molecule has 1 atom stereocenters. The summed E-state index contributed by atoms with van der Waals surface area (Å²) in [7, 11) is 0. The molecule has 2 fully saturated rings. The van der Waals surface area contributed by atoms with Crippen LogP contribution in [0.3, 0.4) is 0 Å². The monoisotopic (exact) mass is 353 g/mol. The summed E-state index contributed by atoms with van der Waals surface area (Å²) in [6.45, 7) is 1.13. The number of ether oxygens (including phenoxy) is 2. The number of hydrogen-bond acceptors (Lipinski definition) is 3. The molecule has 1 aromatic rings. The lowest BCUT2D eigenvalue weighted by Crippen LogP contribution is -2.33. The van der Waals surface area contributed by atoms with E-state index in [9.17, 15) is 0 Å². The summed E-state index contributed by atoms with van der Waals surface area (Å²) in [5.41, 5.74) is 6.99. The SMILES string of the molecule is NCc1cc(Br)ccc1OCC1CCC2(CCCCC2)O1. The van der Waals surface area contributed by atoms with Gasteiger partial charge in [0.1, 0.15) is 12.4 Å². The maximum atomic E-state index is 6.34. The van der Waals surface area contributed by atoms with Crippen molar-refractivity contribution in [1.82, 2.24) is 0 Å². The molecule has 116 valence electrons. The first-order chi connectivity index (χ1) is 10.2. The zero-order valence-electron chi connectivity index (χ0n) is 12.4. The van der Waals surface area contributed by atoms with Gasteiger partial charge in [0.25, 0.3) is 0 Å². The van der Waals surface area contributed by atoms with E-state index in [2.05, 4.69) is 15.9 Å². The highest BCUT2D eigenvalue weighted by molar-refractivity contribution is 9.10. The second kappa shape index (κ2) is 6.67. The molecule has 3 nitrogen and oxygen atoms in total. The Kier molecular flexibility index (Phi) is 4.87. The summed E-state index contributed by atoms with van der Waals surface area (Å²) in [6.07, 6.45) is 9.02. The van der Waals surface area contributed by atoms with Crippen LogP contribution in [-0.4, -0.2) is 18.3 Å². The predicted molar refractivity (Wildman–Crippen MR) is 87.5 cm³/mol. The summed E-state index contributed by atoms with van der Waals surface area (Å²) >= 11 is 3.47. The van der Waals surface area contributed by atoms with E-state index in [-0.39, 0.29) is 11.7 Å². The van der Waals surface area contributed by atoms with E-state index < -0.39 is 0 Å². The van der Waals surface area contributed by atoms with Gasteiger partial charge in [0.15, 0.2) is 0 Å². The molecule has 1 aliphatic heterocycles. The van der Waals surface area contributed by atoms with Crippen molar-refractivity contribution in [2.45, 2.75) is 63.2 Å². The third-order valence-electron chi connectivity index (χ3n) is 4.77. The number of benzene rings is 1. The van der Waals surface area contributed by atoms with Gasteiger partial charge < -0.3 is 15.2 Å². The number of nitrogens with two attached hydrogens (primary N) is 1. The lowest BCUT2D eigenvalue weighted by Gasteiger charge is -2.33. The van der Waals surface area contributed by atoms with E-state index in [0.717, 1.165) is 22.2 Å². The van der Waals surface area contributed by atoms with Crippen LogP contribution in [0.4, 0.5) is 0 Å². The average molecular weight is 354 g/mol. The van der Waals surface area contributed by atoms with Crippen molar-refractivity contribution in [3.63, 3.8) is 0 Å². The second-order valence-corrected chi connectivity index (χ2v) is 7.21. The molecule has 1 saturated heterocycles. The van der Waals surface area contributed by atoms with Crippen LogP contribution in [0.2, 0.25) is 0 Å². The van der Waals surface area contributed by atoms with Crippen molar-refractivity contribution in [1.29, 1.82) is 0 Å². The molecule has 0 amide bonds. The van der Waals surface area contributed by atoms with Gasteiger partial charge in [-0.2, -0.15) is 0 Å². The third-order valence-corrected chi connectivity index (χ3v) is 5.26. The van der Waals surface area contributed by atoms with E-state index >= 15 is 0 Å². The fourth-order valence-corrected chi connectivity index (χ4v) is 4.02. The lowest BCUT2D eigenvalue weighted by atomic mass is 9.83. The van der Waals surface area contributed by atoms with Gasteiger partial charge in [0.2, 0.25) is 0 Å². The molecule has 0 aromatic heterocycles. The number of halogens is 1. The van der Waals surface area contributed by atoms with Crippen LogP contribution in [0.1, 0.15) is 50.5 Å². The van der Waals surface area contributed by atoms with Crippen LogP contribution in [0.5, 0.6) is 5.75 Å². The summed E-state index contributed by atoms with van der Waals surface area (Å²) in [6, 6.07) is 6.00. The molecular formula is C17H24BrNO2. The quantitative estimate of drug-likeness (QED) is 0.883. The zero-order valence-corrected chi connectivity index (χ0v) is 14.0. The van der Waals surface area contributed by atoms with Crippen molar-refractivity contribution in [3.8, 4) is 5.75 Å². The standard InChI is InChI=1S/C17H24BrNO2/c18-14-4-5-16(13(10-14)11-19)20-12-15-6-9-17(21-15)7-2-1-3-8-17/h4-5,10,15H,1-3,6-9,11-12,19H2. The normalized spacial score (nSPS) is 24.4. The van der Waals surface area contributed by atoms with Gasteiger partial charge in [-0.1, -0.05) is 35.2 Å². The molecule has 21 heavy (non-hydrogen) atoms. The Labute approximate surface area is 135 Å². The van der Waals surface area contributed by atoms with E-state index in [1.165, 1.54) is 38.5 Å². The van der Waals surface area contributed by atoms with Crippen LogP contribution in [-0.2, 0) is 11.3 Å². The Morgan fingerprint density at radius 1 is 1.24 bits per heavy atom. The smallest absolute Gasteiger partial charge is 0.123 e. The first-order valence-corrected chi connectivity index (χ1v) is 8.79. The van der Waals surface area contributed by atoms with Crippen LogP contribution in [0, 0.1) is 0 Å². The molecule has 3 rings (SSSR count). The van der Waals surface area contributed by atoms with Crippen molar-refractivity contribution in [3.05, 3.63) is 28.2 Å². The highest BCUT2D eigenvalue weighted by Crippen LogP contribution is 2.42. The Balaban J connectivity index is 1.56. The molecule has 2 aliphatic rings. The molecule has 1 saturated carbocycles. The molecule has 1 spiro atoms.